The largest absolute Gasteiger partial charge is 0.383 e. The molecule has 8 heteroatoms. The number of aliphatic imine (C=N–C) groups is 1. The topological polar surface area (TPSA) is 76.1 Å². The van der Waals surface area contributed by atoms with Crippen LogP contribution >= 0.6 is 24.0 Å². The third-order valence-corrected chi connectivity index (χ3v) is 4.41. The molecule has 0 saturated carbocycles. The summed E-state index contributed by atoms with van der Waals surface area (Å²) >= 11 is 0. The van der Waals surface area contributed by atoms with E-state index >= 15 is 0 Å². The molecule has 1 heterocycles. The first kappa shape index (κ1) is 24.9. The summed E-state index contributed by atoms with van der Waals surface area (Å²) in [6.07, 6.45) is 2.08. The molecular formula is C20H35IN4O3. The zero-order valence-electron chi connectivity index (χ0n) is 17.0. The number of nitrogens with one attached hydrogen (secondary N) is 3. The summed E-state index contributed by atoms with van der Waals surface area (Å²) in [5, 5.41) is 9.97. The number of ether oxygens (including phenoxy) is 3. The van der Waals surface area contributed by atoms with Gasteiger partial charge in [-0.3, -0.25) is 4.99 Å². The van der Waals surface area contributed by atoms with Gasteiger partial charge in [-0.2, -0.15) is 0 Å². The summed E-state index contributed by atoms with van der Waals surface area (Å²) < 4.78 is 16.1. The molecule has 1 saturated heterocycles. The molecule has 0 radical (unpaired) electrons. The van der Waals surface area contributed by atoms with Crippen LogP contribution < -0.4 is 16.0 Å². The average molecular weight is 506 g/mol. The van der Waals surface area contributed by atoms with Crippen LogP contribution in [0.2, 0.25) is 0 Å². The van der Waals surface area contributed by atoms with Crippen LogP contribution in [0, 0.1) is 5.92 Å². The molecule has 0 bridgehead atoms. The van der Waals surface area contributed by atoms with Crippen molar-refractivity contribution in [2.75, 3.05) is 65.6 Å². The van der Waals surface area contributed by atoms with Crippen LogP contribution in [0.1, 0.15) is 18.4 Å². The Labute approximate surface area is 186 Å². The van der Waals surface area contributed by atoms with E-state index in [0.717, 1.165) is 70.6 Å². The van der Waals surface area contributed by atoms with Crippen LogP contribution in [0.4, 0.5) is 5.69 Å². The number of anilines is 1. The predicted octanol–water partition coefficient (Wildman–Crippen LogP) is 2.47. The fourth-order valence-corrected chi connectivity index (χ4v) is 2.79. The van der Waals surface area contributed by atoms with E-state index in [4.69, 9.17) is 14.2 Å². The number of guanidine groups is 1. The van der Waals surface area contributed by atoms with E-state index in [-0.39, 0.29) is 24.0 Å². The SMILES string of the molecule is CN=C(NCCCOCC1CCOC1)NCc1ccc(NCCOC)cc1.I. The third kappa shape index (κ3) is 10.4. The van der Waals surface area contributed by atoms with Gasteiger partial charge in [-0.1, -0.05) is 12.1 Å². The molecule has 1 unspecified atom stereocenters. The molecule has 0 spiro atoms. The Morgan fingerprint density at radius 1 is 1.18 bits per heavy atom. The zero-order chi connectivity index (χ0) is 19.2. The maximum Gasteiger partial charge on any atom is 0.191 e. The van der Waals surface area contributed by atoms with Crippen LogP contribution in [-0.2, 0) is 20.8 Å². The Balaban J connectivity index is 0.00000392. The van der Waals surface area contributed by atoms with Crippen molar-refractivity contribution in [2.24, 2.45) is 10.9 Å². The van der Waals surface area contributed by atoms with Gasteiger partial charge in [0.15, 0.2) is 5.96 Å². The maximum absolute atomic E-state index is 5.71. The highest BCUT2D eigenvalue weighted by molar-refractivity contribution is 14.0. The Bertz CT molecular complexity index is 537. The fourth-order valence-electron chi connectivity index (χ4n) is 2.79. The van der Waals surface area contributed by atoms with Crippen molar-refractivity contribution < 1.29 is 14.2 Å². The van der Waals surface area contributed by atoms with Crippen molar-refractivity contribution in [3.63, 3.8) is 0 Å². The maximum atomic E-state index is 5.71. The summed E-state index contributed by atoms with van der Waals surface area (Å²) in [5.74, 6) is 1.38. The first-order chi connectivity index (χ1) is 13.3. The molecule has 1 aliphatic rings. The normalized spacial score (nSPS) is 16.5. The van der Waals surface area contributed by atoms with E-state index < -0.39 is 0 Å². The van der Waals surface area contributed by atoms with E-state index in [9.17, 15) is 0 Å². The summed E-state index contributed by atoms with van der Waals surface area (Å²) in [7, 11) is 3.49. The van der Waals surface area contributed by atoms with Crippen molar-refractivity contribution in [3.8, 4) is 0 Å². The molecule has 2 rings (SSSR count). The third-order valence-electron chi connectivity index (χ3n) is 4.41. The van der Waals surface area contributed by atoms with Crippen LogP contribution in [0.5, 0.6) is 0 Å². The van der Waals surface area contributed by atoms with Crippen LogP contribution in [-0.4, -0.2) is 66.2 Å². The molecule has 0 amide bonds. The number of methoxy groups -OCH3 is 1. The van der Waals surface area contributed by atoms with Gasteiger partial charge >= 0.3 is 0 Å². The molecule has 1 aliphatic heterocycles. The van der Waals surface area contributed by atoms with Crippen molar-refractivity contribution in [2.45, 2.75) is 19.4 Å². The number of benzene rings is 1. The minimum Gasteiger partial charge on any atom is -0.383 e. The lowest BCUT2D eigenvalue weighted by Gasteiger charge is -2.13. The first-order valence-corrected chi connectivity index (χ1v) is 9.73. The van der Waals surface area contributed by atoms with E-state index in [0.29, 0.717) is 12.5 Å². The summed E-state index contributed by atoms with van der Waals surface area (Å²) in [4.78, 5) is 4.26. The highest BCUT2D eigenvalue weighted by Gasteiger charge is 2.15. The standard InChI is InChI=1S/C20H34N4O3.HI/c1-21-20(23-9-3-11-26-15-18-8-12-27-16-18)24-14-17-4-6-19(7-5-17)22-10-13-25-2;/h4-7,18,22H,3,8-16H2,1-2H3,(H2,21,23,24);1H. The number of rotatable bonds is 12. The molecule has 0 aromatic heterocycles. The summed E-state index contributed by atoms with van der Waals surface area (Å²) in [6.45, 7) is 6.37. The van der Waals surface area contributed by atoms with Crippen molar-refractivity contribution in [1.82, 2.24) is 10.6 Å². The minimum atomic E-state index is 0. The van der Waals surface area contributed by atoms with E-state index in [1.807, 2.05) is 0 Å². The van der Waals surface area contributed by atoms with Gasteiger partial charge in [0.2, 0.25) is 0 Å². The second-order valence-electron chi connectivity index (χ2n) is 6.63. The van der Waals surface area contributed by atoms with Crippen LogP contribution in [0.25, 0.3) is 0 Å². The average Bonchev–Trinajstić information content (AvgIpc) is 3.21. The molecule has 1 fully saturated rings. The Morgan fingerprint density at radius 2 is 2.00 bits per heavy atom. The lowest BCUT2D eigenvalue weighted by atomic mass is 10.1. The van der Waals surface area contributed by atoms with E-state index in [1.165, 1.54) is 5.56 Å². The number of hydrogen-bond acceptors (Lipinski definition) is 5. The monoisotopic (exact) mass is 506 g/mol. The van der Waals surface area contributed by atoms with Gasteiger partial charge in [0.25, 0.3) is 0 Å². The minimum absolute atomic E-state index is 0. The lowest BCUT2D eigenvalue weighted by Crippen LogP contribution is -2.37. The predicted molar refractivity (Wildman–Crippen MR) is 125 cm³/mol. The quantitative estimate of drug-likeness (QED) is 0.175. The fraction of sp³-hybridized carbons (Fsp3) is 0.650. The summed E-state index contributed by atoms with van der Waals surface area (Å²) in [5.41, 5.74) is 2.31. The number of hydrogen-bond donors (Lipinski definition) is 3. The van der Waals surface area contributed by atoms with Gasteiger partial charge < -0.3 is 30.2 Å². The van der Waals surface area contributed by atoms with Gasteiger partial charge in [0, 0.05) is 58.6 Å². The molecule has 7 nitrogen and oxygen atoms in total. The molecule has 28 heavy (non-hydrogen) atoms. The Hall–Kier alpha value is -1.10. The van der Waals surface area contributed by atoms with Crippen molar-refractivity contribution >= 4 is 35.6 Å². The summed E-state index contributed by atoms with van der Waals surface area (Å²) in [6, 6.07) is 8.37. The second kappa shape index (κ2) is 15.8. The number of nitrogens with zero attached hydrogens (tertiary/aromatic N) is 1. The molecule has 1 aromatic rings. The molecule has 1 atom stereocenters. The highest BCUT2D eigenvalue weighted by Crippen LogP contribution is 2.12. The second-order valence-corrected chi connectivity index (χ2v) is 6.63. The molecule has 1 aromatic carbocycles. The zero-order valence-corrected chi connectivity index (χ0v) is 19.4. The lowest BCUT2D eigenvalue weighted by molar-refractivity contribution is 0.0888. The van der Waals surface area contributed by atoms with Crippen LogP contribution in [0.15, 0.2) is 29.3 Å². The van der Waals surface area contributed by atoms with Crippen molar-refractivity contribution in [3.05, 3.63) is 29.8 Å². The molecule has 3 N–H and O–H groups in total. The van der Waals surface area contributed by atoms with E-state index in [2.05, 4.69) is 45.2 Å². The van der Waals surface area contributed by atoms with Crippen LogP contribution in [0.3, 0.4) is 0 Å². The van der Waals surface area contributed by atoms with E-state index in [1.54, 1.807) is 14.2 Å². The molecule has 0 aliphatic carbocycles. The smallest absolute Gasteiger partial charge is 0.191 e. The van der Waals surface area contributed by atoms with Gasteiger partial charge in [0.1, 0.15) is 0 Å². The first-order valence-electron chi connectivity index (χ1n) is 9.73. The molecule has 160 valence electrons. The Morgan fingerprint density at radius 3 is 2.68 bits per heavy atom. The van der Waals surface area contributed by atoms with Gasteiger partial charge in [-0.05, 0) is 30.5 Å². The van der Waals surface area contributed by atoms with Gasteiger partial charge in [-0.25, -0.2) is 0 Å². The highest BCUT2D eigenvalue weighted by atomic mass is 127. The van der Waals surface area contributed by atoms with Gasteiger partial charge in [0.05, 0.1) is 19.8 Å². The Kier molecular flexibility index (Phi) is 14.1. The molecular weight excluding hydrogens is 471 g/mol. The number of halogens is 1. The van der Waals surface area contributed by atoms with Crippen molar-refractivity contribution in [1.29, 1.82) is 0 Å². The van der Waals surface area contributed by atoms with Gasteiger partial charge in [-0.15, -0.1) is 24.0 Å².